The van der Waals surface area contributed by atoms with E-state index in [1.54, 1.807) is 0 Å². The molecule has 0 aromatic carbocycles. The van der Waals surface area contributed by atoms with Crippen molar-refractivity contribution >= 4 is 9.92 Å². The molecule has 3 fully saturated rings. The summed E-state index contributed by atoms with van der Waals surface area (Å²) in [6.45, 7) is 0. The second-order valence-corrected chi connectivity index (χ2v) is 10.9. The average molecular weight is 371 g/mol. The zero-order valence-corrected chi connectivity index (χ0v) is 16.6. The summed E-state index contributed by atoms with van der Waals surface area (Å²) in [7, 11) is -2.70. The standard InChI is InChI=1S/C19H38N4OS/c20-23(21)25(24,17-12-8-3-1-2-4-9-13-17)22-19-14-10-6-5-7-11-16-15-18(16)19/h16-19H,1-15,20-21H2. The molecule has 0 heterocycles. The van der Waals surface area contributed by atoms with Crippen molar-refractivity contribution in [2.24, 2.45) is 27.9 Å². The van der Waals surface area contributed by atoms with Crippen LogP contribution in [0.3, 0.4) is 0 Å². The predicted molar refractivity (Wildman–Crippen MR) is 105 cm³/mol. The van der Waals surface area contributed by atoms with E-state index in [1.807, 2.05) is 0 Å². The van der Waals surface area contributed by atoms with Gasteiger partial charge >= 0.3 is 0 Å². The van der Waals surface area contributed by atoms with E-state index in [0.29, 0.717) is 5.92 Å². The van der Waals surface area contributed by atoms with Crippen LogP contribution < -0.4 is 11.7 Å². The molecule has 3 aliphatic carbocycles. The molecule has 0 bridgehead atoms. The van der Waals surface area contributed by atoms with Crippen LogP contribution in [-0.2, 0) is 9.92 Å². The Morgan fingerprint density at radius 3 is 1.88 bits per heavy atom. The lowest BCUT2D eigenvalue weighted by Crippen LogP contribution is -2.48. The van der Waals surface area contributed by atoms with Gasteiger partial charge in [0.1, 0.15) is 9.92 Å². The van der Waals surface area contributed by atoms with Crippen LogP contribution in [0.25, 0.3) is 0 Å². The molecule has 25 heavy (non-hydrogen) atoms. The zero-order chi connectivity index (χ0) is 17.7. The Labute approximate surface area is 154 Å². The molecule has 0 aliphatic heterocycles. The van der Waals surface area contributed by atoms with Crippen molar-refractivity contribution in [3.05, 3.63) is 0 Å². The Balaban J connectivity index is 1.81. The van der Waals surface area contributed by atoms with Gasteiger partial charge in [-0.2, -0.15) is 0 Å². The quantitative estimate of drug-likeness (QED) is 0.574. The van der Waals surface area contributed by atoms with Crippen LogP contribution in [-0.4, -0.2) is 20.0 Å². The lowest BCUT2D eigenvalue weighted by Gasteiger charge is -2.27. The largest absolute Gasteiger partial charge is 0.242 e. The number of hydrogen-bond donors (Lipinski definition) is 2. The van der Waals surface area contributed by atoms with Crippen LogP contribution in [0.1, 0.15) is 96.3 Å². The van der Waals surface area contributed by atoms with Crippen LogP contribution in [0, 0.1) is 11.8 Å². The molecule has 3 rings (SSSR count). The van der Waals surface area contributed by atoms with Crippen molar-refractivity contribution in [1.82, 2.24) is 4.52 Å². The van der Waals surface area contributed by atoms with Crippen LogP contribution >= 0.6 is 0 Å². The summed E-state index contributed by atoms with van der Waals surface area (Å²) in [6, 6.07) is 0.206. The summed E-state index contributed by atoms with van der Waals surface area (Å²) in [5, 5.41) is 0.0328. The molecule has 0 amide bonds. The molecular formula is C19H38N4OS. The van der Waals surface area contributed by atoms with Crippen molar-refractivity contribution in [3.8, 4) is 0 Å². The molecule has 3 saturated carbocycles. The summed E-state index contributed by atoms with van der Waals surface area (Å²) in [5.41, 5.74) is 0. The monoisotopic (exact) mass is 370 g/mol. The third-order valence-corrected chi connectivity index (χ3v) is 9.14. The van der Waals surface area contributed by atoms with Crippen LogP contribution in [0.5, 0.6) is 0 Å². The van der Waals surface area contributed by atoms with E-state index in [-0.39, 0.29) is 11.3 Å². The molecule has 3 aliphatic rings. The lowest BCUT2D eigenvalue weighted by molar-refractivity contribution is 0.447. The molecule has 0 aromatic heterocycles. The molecule has 5 nitrogen and oxygen atoms in total. The lowest BCUT2D eigenvalue weighted by atomic mass is 10.1. The number of rotatable bonds is 3. The van der Waals surface area contributed by atoms with Gasteiger partial charge in [-0.3, -0.25) is 0 Å². The summed E-state index contributed by atoms with van der Waals surface area (Å²) in [6.07, 6.45) is 18.1. The van der Waals surface area contributed by atoms with Crippen molar-refractivity contribution in [2.75, 3.05) is 0 Å². The van der Waals surface area contributed by atoms with Gasteiger partial charge in [0.25, 0.3) is 0 Å². The second-order valence-electron chi connectivity index (χ2n) is 8.54. The third kappa shape index (κ3) is 5.18. The average Bonchev–Trinajstić information content (AvgIpc) is 3.31. The molecule has 0 saturated heterocycles. The minimum Gasteiger partial charge on any atom is -0.242 e. The van der Waals surface area contributed by atoms with Gasteiger partial charge in [0, 0.05) is 0 Å². The summed E-state index contributed by atoms with van der Waals surface area (Å²) >= 11 is 0. The molecule has 0 aromatic rings. The van der Waals surface area contributed by atoms with Gasteiger partial charge in [-0.25, -0.2) is 20.3 Å². The van der Waals surface area contributed by atoms with Gasteiger partial charge in [-0.15, -0.1) is 0 Å². The van der Waals surface area contributed by atoms with Gasteiger partial charge in [0.05, 0.1) is 11.3 Å². The van der Waals surface area contributed by atoms with Crippen LogP contribution in [0.15, 0.2) is 4.36 Å². The fraction of sp³-hybridized carbons (Fsp3) is 1.00. The second kappa shape index (κ2) is 9.16. The normalized spacial score (nSPS) is 35.1. The summed E-state index contributed by atoms with van der Waals surface area (Å²) in [5.74, 6) is 13.3. The first-order valence-corrected chi connectivity index (χ1v) is 12.2. The van der Waals surface area contributed by atoms with Crippen molar-refractivity contribution in [1.29, 1.82) is 0 Å². The molecular weight excluding hydrogens is 332 g/mol. The highest BCUT2D eigenvalue weighted by Crippen LogP contribution is 2.48. The Hall–Kier alpha value is -0.170. The zero-order valence-electron chi connectivity index (χ0n) is 15.8. The fourth-order valence-corrected chi connectivity index (χ4v) is 7.16. The van der Waals surface area contributed by atoms with E-state index in [1.165, 1.54) is 64.2 Å². The Bertz CT molecular complexity index is 520. The number of hydrazine groups is 2. The predicted octanol–water partition coefficient (Wildman–Crippen LogP) is 4.28. The van der Waals surface area contributed by atoms with E-state index in [9.17, 15) is 4.21 Å². The third-order valence-electron chi connectivity index (χ3n) is 6.62. The minimum absolute atomic E-state index is 0.0328. The maximum atomic E-state index is 13.8. The smallest absolute Gasteiger partial charge is 0.139 e. The van der Waals surface area contributed by atoms with Crippen molar-refractivity contribution in [3.63, 3.8) is 0 Å². The van der Waals surface area contributed by atoms with Crippen molar-refractivity contribution < 1.29 is 4.21 Å². The molecule has 0 radical (unpaired) electrons. The maximum absolute atomic E-state index is 13.8. The topological polar surface area (TPSA) is 84.7 Å². The summed E-state index contributed by atoms with van der Waals surface area (Å²) < 4.78 is 19.8. The van der Waals surface area contributed by atoms with Crippen molar-refractivity contribution in [2.45, 2.75) is 108 Å². The summed E-state index contributed by atoms with van der Waals surface area (Å²) in [4.78, 5) is 0. The van der Waals surface area contributed by atoms with Crippen LogP contribution in [0.4, 0.5) is 0 Å². The first kappa shape index (κ1) is 19.6. The van der Waals surface area contributed by atoms with E-state index in [4.69, 9.17) is 16.0 Å². The fourth-order valence-electron chi connectivity index (χ4n) is 4.94. The Kier molecular flexibility index (Phi) is 7.17. The van der Waals surface area contributed by atoms with E-state index in [2.05, 4.69) is 0 Å². The molecule has 0 spiro atoms. The molecule has 4 atom stereocenters. The first-order chi connectivity index (χ1) is 12.1. The van der Waals surface area contributed by atoms with E-state index >= 15 is 0 Å². The van der Waals surface area contributed by atoms with E-state index in [0.717, 1.165) is 42.5 Å². The Morgan fingerprint density at radius 2 is 1.28 bits per heavy atom. The molecule has 4 unspecified atom stereocenters. The highest BCUT2D eigenvalue weighted by Gasteiger charge is 2.43. The molecule has 4 N–H and O–H groups in total. The van der Waals surface area contributed by atoms with Gasteiger partial charge in [-0.1, -0.05) is 75.2 Å². The highest BCUT2D eigenvalue weighted by atomic mass is 32.2. The van der Waals surface area contributed by atoms with E-state index < -0.39 is 9.92 Å². The van der Waals surface area contributed by atoms with Gasteiger partial charge in [-0.05, 0) is 37.5 Å². The van der Waals surface area contributed by atoms with Gasteiger partial charge in [0.15, 0.2) is 0 Å². The Morgan fingerprint density at radius 1 is 0.760 bits per heavy atom. The number of fused-ring (bicyclic) bond motifs is 1. The molecule has 146 valence electrons. The van der Waals surface area contributed by atoms with Crippen LogP contribution in [0.2, 0.25) is 0 Å². The number of hydrogen-bond acceptors (Lipinski definition) is 4. The minimum atomic E-state index is -2.70. The maximum Gasteiger partial charge on any atom is 0.139 e. The van der Waals surface area contributed by atoms with Gasteiger partial charge in [0.2, 0.25) is 0 Å². The number of nitrogens with two attached hydrogens (primary N) is 2. The number of nitrogens with zero attached hydrogens (tertiary/aromatic N) is 2. The SMILES string of the molecule is NN(N)S(=O)(=NC1CCCCCCC2CC21)C1CCCCCCCC1. The van der Waals surface area contributed by atoms with Gasteiger partial charge < -0.3 is 0 Å². The molecule has 6 heteroatoms. The first-order valence-electron chi connectivity index (χ1n) is 10.7. The highest BCUT2D eigenvalue weighted by molar-refractivity contribution is 7.91.